The third kappa shape index (κ3) is 6.89. The predicted octanol–water partition coefficient (Wildman–Crippen LogP) is 6.89. The number of aromatic amines is 1. The molecule has 0 unspecified atom stereocenters. The summed E-state index contributed by atoms with van der Waals surface area (Å²) in [5, 5.41) is 38.1. The molecule has 1 aromatic heterocycles. The first-order valence-corrected chi connectivity index (χ1v) is 15.1. The van der Waals surface area contributed by atoms with Crippen LogP contribution in [0.15, 0.2) is 120 Å². The Bertz CT molecular complexity index is 2020. The maximum Gasteiger partial charge on any atom is 0.248 e. The molecule has 5 aromatic carbocycles. The smallest absolute Gasteiger partial charge is 0.248 e. The average molecular weight is 614 g/mol. The van der Waals surface area contributed by atoms with E-state index in [-0.39, 0.29) is 17.1 Å². The highest BCUT2D eigenvalue weighted by atomic mass is 16.5. The molecule has 0 spiro atoms. The van der Waals surface area contributed by atoms with Crippen LogP contribution in [0.1, 0.15) is 17.2 Å². The fourth-order valence-corrected chi connectivity index (χ4v) is 5.56. The highest BCUT2D eigenvalue weighted by Gasteiger charge is 2.14. The summed E-state index contributed by atoms with van der Waals surface area (Å²) in [6.07, 6.45) is -0.0323. The normalized spacial score (nSPS) is 11.8. The van der Waals surface area contributed by atoms with Crippen LogP contribution in [0.5, 0.6) is 17.2 Å². The molecule has 0 saturated heterocycles. The summed E-state index contributed by atoms with van der Waals surface area (Å²) in [6, 6.07) is 35.9. The van der Waals surface area contributed by atoms with E-state index in [9.17, 15) is 20.1 Å². The van der Waals surface area contributed by atoms with Crippen molar-refractivity contribution in [3.63, 3.8) is 0 Å². The SMILES string of the molecule is COc1ccc(Nc2ccc(CCNC[C@H](O)c3ccc(O)c4[nH]c(=O)ccc34)cc2)c(-c2cccc(-c3ccc(O)cc3)c2)c1. The third-order valence-corrected chi connectivity index (χ3v) is 8.03. The third-order valence-electron chi connectivity index (χ3n) is 8.03. The molecule has 0 bridgehead atoms. The van der Waals surface area contributed by atoms with Gasteiger partial charge in [0.05, 0.1) is 18.7 Å². The number of phenols is 2. The van der Waals surface area contributed by atoms with Crippen LogP contribution in [-0.4, -0.2) is 40.5 Å². The topological polar surface area (TPSA) is 127 Å². The maximum atomic E-state index is 11.7. The van der Waals surface area contributed by atoms with Gasteiger partial charge < -0.3 is 35.7 Å². The fraction of sp³-hybridized carbons (Fsp3) is 0.132. The molecule has 1 atom stereocenters. The molecule has 0 aliphatic heterocycles. The number of hydrogen-bond donors (Lipinski definition) is 6. The molecule has 232 valence electrons. The van der Waals surface area contributed by atoms with Gasteiger partial charge in [0.15, 0.2) is 0 Å². The van der Waals surface area contributed by atoms with Crippen molar-refractivity contribution in [1.29, 1.82) is 0 Å². The molecule has 6 N–H and O–H groups in total. The van der Waals surface area contributed by atoms with Crippen LogP contribution in [-0.2, 0) is 6.42 Å². The van der Waals surface area contributed by atoms with Gasteiger partial charge in [0.1, 0.15) is 17.2 Å². The largest absolute Gasteiger partial charge is 0.508 e. The van der Waals surface area contributed by atoms with Crippen LogP contribution < -0.4 is 20.9 Å². The molecule has 1 heterocycles. The van der Waals surface area contributed by atoms with Crippen molar-refractivity contribution in [3.05, 3.63) is 137 Å². The van der Waals surface area contributed by atoms with E-state index in [1.165, 1.54) is 12.1 Å². The second kappa shape index (κ2) is 13.6. The first-order valence-electron chi connectivity index (χ1n) is 15.1. The van der Waals surface area contributed by atoms with Crippen molar-refractivity contribution in [2.45, 2.75) is 12.5 Å². The zero-order chi connectivity index (χ0) is 32.0. The zero-order valence-corrected chi connectivity index (χ0v) is 25.3. The summed E-state index contributed by atoms with van der Waals surface area (Å²) in [5.41, 5.74) is 7.78. The minimum Gasteiger partial charge on any atom is -0.508 e. The number of phenolic OH excluding ortho intramolecular Hbond substituents is 2. The van der Waals surface area contributed by atoms with Gasteiger partial charge in [-0.25, -0.2) is 0 Å². The number of aromatic nitrogens is 1. The van der Waals surface area contributed by atoms with E-state index in [1.807, 2.05) is 36.4 Å². The lowest BCUT2D eigenvalue weighted by atomic mass is 9.97. The first kappa shape index (κ1) is 30.5. The lowest BCUT2D eigenvalue weighted by molar-refractivity contribution is 0.176. The summed E-state index contributed by atoms with van der Waals surface area (Å²) in [4.78, 5) is 14.3. The number of H-pyrrole nitrogens is 1. The van der Waals surface area contributed by atoms with Crippen molar-refractivity contribution >= 4 is 22.3 Å². The van der Waals surface area contributed by atoms with Crippen LogP contribution in [0.4, 0.5) is 11.4 Å². The van der Waals surface area contributed by atoms with Crippen LogP contribution in [0, 0.1) is 0 Å². The number of pyridine rings is 1. The number of aliphatic hydroxyl groups excluding tert-OH is 1. The van der Waals surface area contributed by atoms with Gasteiger partial charge in [0, 0.05) is 34.9 Å². The van der Waals surface area contributed by atoms with E-state index in [0.717, 1.165) is 51.4 Å². The van der Waals surface area contributed by atoms with Crippen LogP contribution in [0.25, 0.3) is 33.2 Å². The Balaban J connectivity index is 1.10. The van der Waals surface area contributed by atoms with E-state index < -0.39 is 6.10 Å². The highest BCUT2D eigenvalue weighted by Crippen LogP contribution is 2.36. The molecule has 8 nitrogen and oxygen atoms in total. The average Bonchev–Trinajstić information content (AvgIpc) is 3.08. The number of rotatable bonds is 11. The molecule has 46 heavy (non-hydrogen) atoms. The van der Waals surface area contributed by atoms with Crippen LogP contribution >= 0.6 is 0 Å². The van der Waals surface area contributed by atoms with Gasteiger partial charge in [-0.2, -0.15) is 0 Å². The molecule has 6 rings (SSSR count). The Morgan fingerprint density at radius 1 is 0.804 bits per heavy atom. The number of nitrogens with one attached hydrogen (secondary N) is 3. The Morgan fingerprint density at radius 2 is 1.59 bits per heavy atom. The standard InChI is InChI=1S/C38H35N3O5/c1-46-30-13-16-34(33(22-30)27-4-2-3-26(21-27)25-7-11-29(42)12-8-25)40-28-9-5-24(6-10-28)19-20-39-23-36(44)31-14-17-35(43)38-32(31)15-18-37(45)41-38/h2-18,21-22,36,39-40,42-44H,19-20,23H2,1H3,(H,41,45)/t36-/m0/s1. The lowest BCUT2D eigenvalue weighted by Crippen LogP contribution is -2.24. The van der Waals surface area contributed by atoms with E-state index in [2.05, 4.69) is 58.1 Å². The number of ether oxygens (including phenoxy) is 1. The summed E-state index contributed by atoms with van der Waals surface area (Å²) in [5.74, 6) is 0.967. The molecule has 0 saturated carbocycles. The molecular weight excluding hydrogens is 578 g/mol. The highest BCUT2D eigenvalue weighted by molar-refractivity contribution is 5.87. The molecule has 0 aliphatic rings. The summed E-state index contributed by atoms with van der Waals surface area (Å²) in [7, 11) is 1.66. The van der Waals surface area contributed by atoms with Gasteiger partial charge in [0.2, 0.25) is 5.56 Å². The molecule has 6 aromatic rings. The molecule has 0 aliphatic carbocycles. The minimum absolute atomic E-state index is 0.0300. The Labute approximate surface area is 266 Å². The quantitative estimate of drug-likeness (QED) is 0.0879. The Morgan fingerprint density at radius 3 is 2.37 bits per heavy atom. The van der Waals surface area contributed by atoms with Gasteiger partial charge in [0.25, 0.3) is 0 Å². The lowest BCUT2D eigenvalue weighted by Gasteiger charge is -2.16. The first-order chi connectivity index (χ1) is 22.4. The Hall–Kier alpha value is -5.57. The summed E-state index contributed by atoms with van der Waals surface area (Å²) in [6.45, 7) is 0.990. The van der Waals surface area contributed by atoms with Gasteiger partial charge in [-0.05, 0) is 101 Å². The second-order valence-corrected chi connectivity index (χ2v) is 11.1. The van der Waals surface area contributed by atoms with Gasteiger partial charge in [-0.1, -0.05) is 48.5 Å². The number of benzene rings is 5. The maximum absolute atomic E-state index is 11.7. The van der Waals surface area contributed by atoms with Gasteiger partial charge in [-0.3, -0.25) is 4.79 Å². The number of anilines is 2. The molecule has 0 radical (unpaired) electrons. The number of fused-ring (bicyclic) bond motifs is 1. The zero-order valence-electron chi connectivity index (χ0n) is 25.3. The predicted molar refractivity (Wildman–Crippen MR) is 183 cm³/mol. The second-order valence-electron chi connectivity index (χ2n) is 11.1. The van der Waals surface area contributed by atoms with Crippen molar-refractivity contribution in [3.8, 4) is 39.5 Å². The van der Waals surface area contributed by atoms with Crippen molar-refractivity contribution in [2.75, 3.05) is 25.5 Å². The van der Waals surface area contributed by atoms with Crippen LogP contribution in [0.3, 0.4) is 0 Å². The number of aliphatic hydroxyl groups is 1. The monoisotopic (exact) mass is 613 g/mol. The van der Waals surface area contributed by atoms with E-state index in [1.54, 1.807) is 31.4 Å². The van der Waals surface area contributed by atoms with Crippen LogP contribution in [0.2, 0.25) is 0 Å². The summed E-state index contributed by atoms with van der Waals surface area (Å²) >= 11 is 0. The number of aromatic hydroxyl groups is 2. The fourth-order valence-electron chi connectivity index (χ4n) is 5.56. The molecular formula is C38H35N3O5. The van der Waals surface area contributed by atoms with E-state index in [0.29, 0.717) is 29.6 Å². The van der Waals surface area contributed by atoms with Crippen molar-refractivity contribution in [1.82, 2.24) is 10.3 Å². The van der Waals surface area contributed by atoms with Crippen molar-refractivity contribution < 1.29 is 20.1 Å². The molecule has 0 fully saturated rings. The van der Waals surface area contributed by atoms with Gasteiger partial charge in [-0.15, -0.1) is 0 Å². The van der Waals surface area contributed by atoms with E-state index >= 15 is 0 Å². The minimum atomic E-state index is -0.805. The summed E-state index contributed by atoms with van der Waals surface area (Å²) < 4.78 is 5.54. The number of methoxy groups -OCH3 is 1. The molecule has 0 amide bonds. The Kier molecular flexibility index (Phi) is 9.01. The van der Waals surface area contributed by atoms with Crippen molar-refractivity contribution in [2.24, 2.45) is 0 Å². The van der Waals surface area contributed by atoms with E-state index in [4.69, 9.17) is 4.74 Å². The number of hydrogen-bond acceptors (Lipinski definition) is 7. The molecule has 8 heteroatoms. The van der Waals surface area contributed by atoms with Gasteiger partial charge >= 0.3 is 0 Å².